The van der Waals surface area contributed by atoms with E-state index in [1.165, 1.54) is 12.8 Å². The van der Waals surface area contributed by atoms with Crippen molar-refractivity contribution < 1.29 is 4.66 Å². The van der Waals surface area contributed by atoms with E-state index in [-0.39, 0.29) is 0 Å². The van der Waals surface area contributed by atoms with E-state index in [0.29, 0.717) is 0 Å². The number of halogens is 1. The molecular formula is C8H19ClO. The van der Waals surface area contributed by atoms with Crippen LogP contribution >= 0.6 is 11.9 Å². The molecule has 0 aromatic heterocycles. The monoisotopic (exact) mass is 166 g/mol. The lowest BCUT2D eigenvalue weighted by atomic mass is 9.91. The summed E-state index contributed by atoms with van der Waals surface area (Å²) in [5.74, 6) is 1.83. The van der Waals surface area contributed by atoms with Crippen molar-refractivity contribution in [2.24, 2.45) is 11.8 Å². The molecule has 0 spiro atoms. The molecule has 0 saturated heterocycles. The minimum absolute atomic E-state index is 0.880. The van der Waals surface area contributed by atoms with Crippen molar-refractivity contribution in [2.45, 2.75) is 40.5 Å². The Morgan fingerprint density at radius 2 is 1.40 bits per heavy atom. The van der Waals surface area contributed by atoms with Crippen LogP contribution < -0.4 is 0 Å². The van der Waals surface area contributed by atoms with Gasteiger partial charge in [-0.05, 0) is 11.8 Å². The highest BCUT2D eigenvalue weighted by atomic mass is 35.5. The molecule has 0 aromatic rings. The van der Waals surface area contributed by atoms with E-state index >= 15 is 0 Å². The van der Waals surface area contributed by atoms with Gasteiger partial charge in [0.1, 0.15) is 0 Å². The fourth-order valence-electron chi connectivity index (χ4n) is 1.23. The first-order valence-corrected chi connectivity index (χ1v) is 4.23. The standard InChI is InChI=1S/C8H18.ClHO/c1-5-8(6-2)7(3)4;1-2/h7-8H,5-6H2,1-4H3;2H. The van der Waals surface area contributed by atoms with Gasteiger partial charge in [-0.25, -0.2) is 0 Å². The predicted octanol–water partition coefficient (Wildman–Crippen LogP) is 3.21. The van der Waals surface area contributed by atoms with Crippen LogP contribution in [0.1, 0.15) is 40.5 Å². The maximum Gasteiger partial charge on any atom is 0.0579 e. The van der Waals surface area contributed by atoms with E-state index in [1.54, 1.807) is 0 Å². The summed E-state index contributed by atoms with van der Waals surface area (Å²) in [6, 6.07) is 0. The van der Waals surface area contributed by atoms with Crippen LogP contribution in [0.2, 0.25) is 0 Å². The van der Waals surface area contributed by atoms with E-state index in [1.807, 2.05) is 0 Å². The molecule has 0 atom stereocenters. The Labute approximate surface area is 69.6 Å². The Balaban J connectivity index is 0. The molecule has 0 radical (unpaired) electrons. The molecule has 0 saturated carbocycles. The molecule has 0 aliphatic carbocycles. The quantitative estimate of drug-likeness (QED) is 0.683. The average molecular weight is 167 g/mol. The molecule has 0 heterocycles. The van der Waals surface area contributed by atoms with Crippen molar-refractivity contribution in [1.29, 1.82) is 0 Å². The molecule has 0 amide bonds. The summed E-state index contributed by atoms with van der Waals surface area (Å²) in [6.45, 7) is 9.15. The van der Waals surface area contributed by atoms with Gasteiger partial charge in [-0.1, -0.05) is 40.5 Å². The topological polar surface area (TPSA) is 20.2 Å². The van der Waals surface area contributed by atoms with E-state index in [0.717, 1.165) is 11.8 Å². The van der Waals surface area contributed by atoms with Gasteiger partial charge in [-0.3, -0.25) is 4.66 Å². The van der Waals surface area contributed by atoms with Crippen LogP contribution in [0.3, 0.4) is 0 Å². The number of hydrogen-bond donors (Lipinski definition) is 1. The molecule has 0 aliphatic rings. The number of rotatable bonds is 3. The van der Waals surface area contributed by atoms with Crippen molar-refractivity contribution in [3.63, 3.8) is 0 Å². The third-order valence-corrected chi connectivity index (χ3v) is 1.99. The zero-order chi connectivity index (χ0) is 8.57. The summed E-state index contributed by atoms with van der Waals surface area (Å²) in [6.07, 6.45) is 2.68. The van der Waals surface area contributed by atoms with Gasteiger partial charge in [0.2, 0.25) is 0 Å². The lowest BCUT2D eigenvalue weighted by Crippen LogP contribution is -2.04. The first kappa shape index (κ1) is 12.9. The Kier molecular flexibility index (Phi) is 11.9. The van der Waals surface area contributed by atoms with Crippen molar-refractivity contribution >= 4 is 11.9 Å². The van der Waals surface area contributed by atoms with Gasteiger partial charge in [-0.2, -0.15) is 0 Å². The molecule has 0 bridgehead atoms. The molecule has 64 valence electrons. The summed E-state index contributed by atoms with van der Waals surface area (Å²) >= 11 is 3.64. The molecule has 1 N–H and O–H groups in total. The van der Waals surface area contributed by atoms with Crippen molar-refractivity contribution in [1.82, 2.24) is 0 Å². The summed E-state index contributed by atoms with van der Waals surface area (Å²) in [4.78, 5) is 0. The third kappa shape index (κ3) is 6.37. The largest absolute Gasteiger partial charge is 0.295 e. The van der Waals surface area contributed by atoms with Gasteiger partial charge in [-0.15, -0.1) is 0 Å². The maximum atomic E-state index is 6.47. The smallest absolute Gasteiger partial charge is 0.0579 e. The second kappa shape index (κ2) is 9.25. The molecular weight excluding hydrogens is 148 g/mol. The van der Waals surface area contributed by atoms with Gasteiger partial charge < -0.3 is 0 Å². The summed E-state index contributed by atoms with van der Waals surface area (Å²) in [5, 5.41) is 0. The van der Waals surface area contributed by atoms with Crippen LogP contribution in [-0.2, 0) is 0 Å². The predicted molar refractivity (Wildman–Crippen MR) is 47.0 cm³/mol. The van der Waals surface area contributed by atoms with Gasteiger partial charge in [0.25, 0.3) is 0 Å². The molecule has 0 rings (SSSR count). The van der Waals surface area contributed by atoms with Crippen molar-refractivity contribution in [3.05, 3.63) is 0 Å². The summed E-state index contributed by atoms with van der Waals surface area (Å²) in [7, 11) is 0. The maximum absolute atomic E-state index is 6.47. The van der Waals surface area contributed by atoms with Crippen molar-refractivity contribution in [3.8, 4) is 0 Å². The summed E-state index contributed by atoms with van der Waals surface area (Å²) < 4.78 is 6.47. The second-order valence-electron chi connectivity index (χ2n) is 2.82. The second-order valence-corrected chi connectivity index (χ2v) is 2.82. The van der Waals surface area contributed by atoms with Crippen molar-refractivity contribution in [2.75, 3.05) is 0 Å². The zero-order valence-corrected chi connectivity index (χ0v) is 8.15. The van der Waals surface area contributed by atoms with Crippen LogP contribution in [0.4, 0.5) is 0 Å². The minimum Gasteiger partial charge on any atom is -0.295 e. The average Bonchev–Trinajstić information content (AvgIpc) is 1.94. The fourth-order valence-corrected chi connectivity index (χ4v) is 1.23. The SMILES string of the molecule is CCC(CC)C(C)C.OCl. The number of hydrogen-bond acceptors (Lipinski definition) is 1. The molecule has 0 fully saturated rings. The molecule has 10 heavy (non-hydrogen) atoms. The zero-order valence-electron chi connectivity index (χ0n) is 7.39. The molecule has 1 nitrogen and oxygen atoms in total. The van der Waals surface area contributed by atoms with Crippen LogP contribution in [0.5, 0.6) is 0 Å². The van der Waals surface area contributed by atoms with Crippen LogP contribution in [0, 0.1) is 11.8 Å². The van der Waals surface area contributed by atoms with Crippen LogP contribution in [-0.4, -0.2) is 4.66 Å². The fraction of sp³-hybridized carbons (Fsp3) is 1.00. The Bertz CT molecular complexity index is 51.2. The molecule has 2 heteroatoms. The lowest BCUT2D eigenvalue weighted by molar-refractivity contribution is 0.362. The Morgan fingerprint density at radius 1 is 1.10 bits per heavy atom. The lowest BCUT2D eigenvalue weighted by Gasteiger charge is -2.15. The van der Waals surface area contributed by atoms with E-state index in [9.17, 15) is 0 Å². The first-order valence-electron chi connectivity index (χ1n) is 3.89. The third-order valence-electron chi connectivity index (χ3n) is 1.99. The van der Waals surface area contributed by atoms with Gasteiger partial charge in [0.05, 0.1) is 11.9 Å². The van der Waals surface area contributed by atoms with E-state index in [4.69, 9.17) is 4.66 Å². The molecule has 0 unspecified atom stereocenters. The highest BCUT2D eigenvalue weighted by Crippen LogP contribution is 2.17. The Hall–Kier alpha value is 0.250. The highest BCUT2D eigenvalue weighted by Gasteiger charge is 2.06. The highest BCUT2D eigenvalue weighted by molar-refractivity contribution is 6.04. The van der Waals surface area contributed by atoms with Gasteiger partial charge >= 0.3 is 0 Å². The van der Waals surface area contributed by atoms with Crippen LogP contribution in [0.25, 0.3) is 0 Å². The first-order chi connectivity index (χ1) is 4.72. The van der Waals surface area contributed by atoms with E-state index < -0.39 is 0 Å². The summed E-state index contributed by atoms with van der Waals surface area (Å²) in [5.41, 5.74) is 0. The van der Waals surface area contributed by atoms with Gasteiger partial charge in [0.15, 0.2) is 0 Å². The van der Waals surface area contributed by atoms with E-state index in [2.05, 4.69) is 39.6 Å². The Morgan fingerprint density at radius 3 is 1.40 bits per heavy atom. The normalized spacial score (nSPS) is 9.60. The molecule has 0 aliphatic heterocycles. The van der Waals surface area contributed by atoms with Crippen LogP contribution in [0.15, 0.2) is 0 Å². The minimum atomic E-state index is 0.880. The molecule has 0 aromatic carbocycles. The van der Waals surface area contributed by atoms with Gasteiger partial charge in [0, 0.05) is 0 Å².